The molecule has 2 rings (SSSR count). The number of nitrogens with one attached hydrogen (secondary N) is 1. The third-order valence-electron chi connectivity index (χ3n) is 4.05. The van der Waals surface area contributed by atoms with Crippen LogP contribution in [0.15, 0.2) is 17.5 Å². The Morgan fingerprint density at radius 3 is 2.95 bits per heavy atom. The zero-order valence-electron chi connectivity index (χ0n) is 12.3. The van der Waals surface area contributed by atoms with Crippen LogP contribution >= 0.6 is 11.3 Å². The highest BCUT2D eigenvalue weighted by molar-refractivity contribution is 7.09. The Kier molecular flexibility index (Phi) is 5.22. The predicted molar refractivity (Wildman–Crippen MR) is 82.6 cm³/mol. The van der Waals surface area contributed by atoms with Crippen molar-refractivity contribution in [1.29, 1.82) is 0 Å². The molecule has 5 nitrogen and oxygen atoms in total. The summed E-state index contributed by atoms with van der Waals surface area (Å²) in [6, 6.07) is 3.89. The Bertz CT molecular complexity index is 489. The normalized spacial score (nSPS) is 21.5. The minimum absolute atomic E-state index is 0.147. The lowest BCUT2D eigenvalue weighted by molar-refractivity contribution is -0.148. The van der Waals surface area contributed by atoms with Crippen molar-refractivity contribution in [2.75, 3.05) is 19.6 Å². The summed E-state index contributed by atoms with van der Waals surface area (Å²) in [5.41, 5.74) is -0.750. The molecule has 1 unspecified atom stereocenters. The lowest BCUT2D eigenvalue weighted by atomic mass is 9.83. The maximum absolute atomic E-state index is 12.1. The molecule has 0 spiro atoms. The number of hydrogen-bond acceptors (Lipinski definition) is 3. The first-order chi connectivity index (χ1) is 10.1. The summed E-state index contributed by atoms with van der Waals surface area (Å²) < 4.78 is 0. The van der Waals surface area contributed by atoms with Crippen LogP contribution in [0, 0.1) is 5.41 Å². The van der Waals surface area contributed by atoms with E-state index < -0.39 is 11.4 Å². The maximum Gasteiger partial charge on any atom is 0.317 e. The van der Waals surface area contributed by atoms with Gasteiger partial charge in [-0.2, -0.15) is 0 Å². The molecule has 0 aliphatic carbocycles. The highest BCUT2D eigenvalue weighted by atomic mass is 32.1. The Labute approximate surface area is 129 Å². The molecular formula is C15H22N2O3S. The zero-order chi connectivity index (χ0) is 15.3. The maximum atomic E-state index is 12.1. The Morgan fingerprint density at radius 1 is 1.52 bits per heavy atom. The van der Waals surface area contributed by atoms with E-state index >= 15 is 0 Å². The number of likely N-dealkylation sites (tertiary alicyclic amines) is 1. The van der Waals surface area contributed by atoms with Crippen molar-refractivity contribution >= 4 is 23.3 Å². The van der Waals surface area contributed by atoms with Crippen LogP contribution in [0.4, 0.5) is 4.79 Å². The number of aliphatic carboxylic acids is 1. The number of thiophene rings is 1. The lowest BCUT2D eigenvalue weighted by Gasteiger charge is -2.24. The van der Waals surface area contributed by atoms with Gasteiger partial charge in [-0.05, 0) is 30.7 Å². The average Bonchev–Trinajstić information content (AvgIpc) is 3.09. The molecule has 1 aliphatic rings. The van der Waals surface area contributed by atoms with Crippen LogP contribution in [0.1, 0.15) is 31.1 Å². The fourth-order valence-electron chi connectivity index (χ4n) is 2.87. The zero-order valence-corrected chi connectivity index (χ0v) is 13.1. The van der Waals surface area contributed by atoms with Crippen LogP contribution in [0.2, 0.25) is 0 Å². The van der Waals surface area contributed by atoms with Crippen molar-refractivity contribution < 1.29 is 14.7 Å². The van der Waals surface area contributed by atoms with Gasteiger partial charge in [0.1, 0.15) is 0 Å². The Morgan fingerprint density at radius 2 is 2.33 bits per heavy atom. The van der Waals surface area contributed by atoms with Crippen molar-refractivity contribution in [3.63, 3.8) is 0 Å². The van der Waals surface area contributed by atoms with Crippen molar-refractivity contribution in [2.24, 2.45) is 5.41 Å². The molecule has 1 fully saturated rings. The van der Waals surface area contributed by atoms with Crippen LogP contribution in [-0.4, -0.2) is 41.6 Å². The molecular weight excluding hydrogens is 288 g/mol. The van der Waals surface area contributed by atoms with Gasteiger partial charge in [0, 0.05) is 24.5 Å². The van der Waals surface area contributed by atoms with Gasteiger partial charge in [-0.3, -0.25) is 4.79 Å². The molecule has 0 bridgehead atoms. The highest BCUT2D eigenvalue weighted by Crippen LogP contribution is 2.35. The SMILES string of the molecule is CCCC1(C(=O)O)CCN(C(=O)NCCc2cccs2)C1. The molecule has 2 N–H and O–H groups in total. The summed E-state index contributed by atoms with van der Waals surface area (Å²) in [5, 5.41) is 14.3. The lowest BCUT2D eigenvalue weighted by Crippen LogP contribution is -2.42. The molecule has 21 heavy (non-hydrogen) atoms. The number of carbonyl (C=O) groups is 2. The van der Waals surface area contributed by atoms with Crippen molar-refractivity contribution in [2.45, 2.75) is 32.6 Å². The third-order valence-corrected chi connectivity index (χ3v) is 4.99. The minimum atomic E-state index is -0.779. The summed E-state index contributed by atoms with van der Waals surface area (Å²) in [4.78, 5) is 26.5. The van der Waals surface area contributed by atoms with Crippen LogP contribution in [0.5, 0.6) is 0 Å². The molecule has 0 saturated carbocycles. The minimum Gasteiger partial charge on any atom is -0.481 e. The van der Waals surface area contributed by atoms with E-state index in [1.54, 1.807) is 16.2 Å². The van der Waals surface area contributed by atoms with Gasteiger partial charge in [0.15, 0.2) is 0 Å². The van der Waals surface area contributed by atoms with E-state index in [9.17, 15) is 14.7 Å². The molecule has 0 aromatic carbocycles. The van der Waals surface area contributed by atoms with E-state index in [-0.39, 0.29) is 6.03 Å². The van der Waals surface area contributed by atoms with Gasteiger partial charge >= 0.3 is 12.0 Å². The van der Waals surface area contributed by atoms with Crippen molar-refractivity contribution in [3.8, 4) is 0 Å². The number of nitrogens with zero attached hydrogens (tertiary/aromatic N) is 1. The second-order valence-electron chi connectivity index (χ2n) is 5.57. The van der Waals surface area contributed by atoms with Crippen LogP contribution in [-0.2, 0) is 11.2 Å². The first-order valence-electron chi connectivity index (χ1n) is 7.36. The second-order valence-corrected chi connectivity index (χ2v) is 6.60. The van der Waals surface area contributed by atoms with E-state index in [1.165, 1.54) is 4.88 Å². The summed E-state index contributed by atoms with van der Waals surface area (Å²) in [7, 11) is 0. The molecule has 2 amide bonds. The number of carboxylic acids is 1. The van der Waals surface area contributed by atoms with Gasteiger partial charge in [0.2, 0.25) is 0 Å². The number of rotatable bonds is 6. The van der Waals surface area contributed by atoms with E-state index in [0.717, 1.165) is 12.8 Å². The highest BCUT2D eigenvalue weighted by Gasteiger charge is 2.45. The fraction of sp³-hybridized carbons (Fsp3) is 0.600. The molecule has 116 valence electrons. The number of urea groups is 1. The smallest absolute Gasteiger partial charge is 0.317 e. The molecule has 2 heterocycles. The second kappa shape index (κ2) is 6.93. The molecule has 0 radical (unpaired) electrons. The van der Waals surface area contributed by atoms with Crippen molar-refractivity contribution in [1.82, 2.24) is 10.2 Å². The van der Waals surface area contributed by atoms with Crippen LogP contribution in [0.3, 0.4) is 0 Å². The predicted octanol–water partition coefficient (Wildman–Crippen LogP) is 2.58. The summed E-state index contributed by atoms with van der Waals surface area (Å²) in [6.07, 6.45) is 2.81. The van der Waals surface area contributed by atoms with Gasteiger partial charge in [-0.1, -0.05) is 19.4 Å². The Balaban J connectivity index is 1.82. The summed E-state index contributed by atoms with van der Waals surface area (Å²) in [5.74, 6) is -0.779. The van der Waals surface area contributed by atoms with Gasteiger partial charge in [0.05, 0.1) is 5.41 Å². The summed E-state index contributed by atoms with van der Waals surface area (Å²) in [6.45, 7) is 3.41. The first kappa shape index (κ1) is 15.8. The van der Waals surface area contributed by atoms with Crippen molar-refractivity contribution in [3.05, 3.63) is 22.4 Å². The molecule has 1 atom stereocenters. The summed E-state index contributed by atoms with van der Waals surface area (Å²) >= 11 is 1.67. The van der Waals surface area contributed by atoms with Gasteiger partial charge in [-0.15, -0.1) is 11.3 Å². The number of carboxylic acid groups (broad SMARTS) is 1. The number of hydrogen-bond donors (Lipinski definition) is 2. The molecule has 1 aromatic heterocycles. The largest absolute Gasteiger partial charge is 0.481 e. The quantitative estimate of drug-likeness (QED) is 0.848. The van der Waals surface area contributed by atoms with E-state index in [1.807, 2.05) is 24.4 Å². The third kappa shape index (κ3) is 3.75. The number of carbonyl (C=O) groups excluding carboxylic acids is 1. The topological polar surface area (TPSA) is 69.6 Å². The van der Waals surface area contributed by atoms with E-state index in [2.05, 4.69) is 5.32 Å². The van der Waals surface area contributed by atoms with E-state index in [0.29, 0.717) is 32.5 Å². The molecule has 1 aromatic rings. The molecule has 6 heteroatoms. The van der Waals surface area contributed by atoms with Crippen LogP contribution < -0.4 is 5.32 Å². The van der Waals surface area contributed by atoms with Gasteiger partial charge < -0.3 is 15.3 Å². The van der Waals surface area contributed by atoms with E-state index in [4.69, 9.17) is 0 Å². The standard InChI is InChI=1S/C15H22N2O3S/c1-2-6-15(13(18)19)7-9-17(11-15)14(20)16-8-5-12-4-3-10-21-12/h3-4,10H,2,5-9,11H2,1H3,(H,16,20)(H,18,19). The number of amides is 2. The monoisotopic (exact) mass is 310 g/mol. The van der Waals surface area contributed by atoms with Gasteiger partial charge in [0.25, 0.3) is 0 Å². The first-order valence-corrected chi connectivity index (χ1v) is 8.24. The fourth-order valence-corrected chi connectivity index (χ4v) is 3.58. The van der Waals surface area contributed by atoms with Gasteiger partial charge in [-0.25, -0.2) is 4.79 Å². The molecule has 1 aliphatic heterocycles. The molecule has 1 saturated heterocycles. The average molecular weight is 310 g/mol. The van der Waals surface area contributed by atoms with Crippen LogP contribution in [0.25, 0.3) is 0 Å². The Hall–Kier alpha value is -1.56.